The Morgan fingerprint density at radius 1 is 0.900 bits per heavy atom. The van der Waals surface area contributed by atoms with Gasteiger partial charge in [-0.15, -0.1) is 0 Å². The molecule has 0 aliphatic heterocycles. The smallest absolute Gasteiger partial charge is 0.184 e. The van der Waals surface area contributed by atoms with Gasteiger partial charge >= 0.3 is 0 Å². The van der Waals surface area contributed by atoms with Gasteiger partial charge in [0.1, 0.15) is 34.5 Å². The number of benzene rings is 3. The van der Waals surface area contributed by atoms with Crippen LogP contribution in [0.3, 0.4) is 0 Å². The third kappa shape index (κ3) is 8.61. The van der Waals surface area contributed by atoms with Crippen LogP contribution in [-0.4, -0.2) is 53.9 Å². The number of Topliss-reactive ketones (excluding diaryl/α,β-unsaturated/α-hetero) is 1. The van der Waals surface area contributed by atoms with Crippen LogP contribution in [0.4, 0.5) is 0 Å². The van der Waals surface area contributed by atoms with Crippen LogP contribution in [-0.2, 0) is 4.79 Å². The lowest BCUT2D eigenvalue weighted by molar-refractivity contribution is -0.111. The van der Waals surface area contributed by atoms with E-state index in [-0.39, 0.29) is 68.3 Å². The molecule has 3 aromatic rings. The Balaban J connectivity index is 1.74. The van der Waals surface area contributed by atoms with E-state index in [2.05, 4.69) is 6.58 Å². The number of aliphatic hydroxyl groups excluding tert-OH is 2. The van der Waals surface area contributed by atoms with Gasteiger partial charge in [-0.3, -0.25) is 9.59 Å². The topological polar surface area (TPSA) is 176 Å². The number of rotatable bonds is 12. The van der Waals surface area contributed by atoms with Gasteiger partial charge in [-0.2, -0.15) is 0 Å². The Bertz CT molecular complexity index is 1920. The molecule has 0 radical (unpaired) electrons. The van der Waals surface area contributed by atoms with Gasteiger partial charge in [0, 0.05) is 29.0 Å². The summed E-state index contributed by atoms with van der Waals surface area (Å²) in [5.41, 5.74) is 2.07. The Morgan fingerprint density at radius 2 is 1.58 bits per heavy atom. The highest BCUT2D eigenvalue weighted by molar-refractivity contribution is 6.07. The molecule has 7 N–H and O–H groups in total. The molecule has 3 unspecified atom stereocenters. The SMILES string of the molecule is C=C(/C(O)=C\C=C(/CO)C(=O)/C=C/c1ccc(O)cc1O)C1C=C(C)CC(c2ccc(O)cc2)C1C(=O)c1ccc(O)c(/C=C/C(C)C)c1O. The minimum atomic E-state index is -0.896. The molecule has 260 valence electrons. The first-order valence-corrected chi connectivity index (χ1v) is 16.1. The van der Waals surface area contributed by atoms with E-state index in [0.717, 1.165) is 23.3 Å². The number of carbonyl (C=O) groups excluding carboxylic acids is 2. The average Bonchev–Trinajstić information content (AvgIpc) is 3.07. The summed E-state index contributed by atoms with van der Waals surface area (Å²) in [7, 11) is 0. The number of phenolic OH excluding ortho intramolecular Hbond substituents is 5. The van der Waals surface area contributed by atoms with Gasteiger partial charge in [-0.05, 0) is 97.0 Å². The number of carbonyl (C=O) groups is 2. The Labute approximate surface area is 291 Å². The normalized spacial score (nSPS) is 18.5. The van der Waals surface area contributed by atoms with Crippen molar-refractivity contribution in [1.82, 2.24) is 0 Å². The van der Waals surface area contributed by atoms with E-state index in [4.69, 9.17) is 0 Å². The zero-order chi connectivity index (χ0) is 36.7. The van der Waals surface area contributed by atoms with E-state index in [0.29, 0.717) is 6.42 Å². The van der Waals surface area contributed by atoms with Crippen molar-refractivity contribution < 1.29 is 45.3 Å². The molecule has 0 fully saturated rings. The van der Waals surface area contributed by atoms with Crippen molar-refractivity contribution >= 4 is 23.7 Å². The quantitative estimate of drug-likeness (QED) is 0.0334. The molecule has 0 saturated carbocycles. The molecule has 3 aromatic carbocycles. The lowest BCUT2D eigenvalue weighted by Crippen LogP contribution is -2.34. The fourth-order valence-electron chi connectivity index (χ4n) is 5.96. The van der Waals surface area contributed by atoms with Gasteiger partial charge in [0.05, 0.1) is 17.7 Å². The monoisotopic (exact) mass is 678 g/mol. The number of allylic oxidation sites excluding steroid dienone is 7. The lowest BCUT2D eigenvalue weighted by Gasteiger charge is -2.37. The maximum Gasteiger partial charge on any atom is 0.184 e. The minimum Gasteiger partial charge on any atom is -0.508 e. The molecular weight excluding hydrogens is 636 g/mol. The second kappa shape index (κ2) is 16.1. The first kappa shape index (κ1) is 37.0. The maximum absolute atomic E-state index is 14.5. The molecule has 1 aliphatic rings. The fourth-order valence-corrected chi connectivity index (χ4v) is 5.96. The van der Waals surface area contributed by atoms with Crippen LogP contribution >= 0.6 is 0 Å². The van der Waals surface area contributed by atoms with E-state index in [1.165, 1.54) is 54.6 Å². The van der Waals surface area contributed by atoms with Gasteiger partial charge < -0.3 is 35.7 Å². The molecule has 4 rings (SSSR count). The Hall–Kier alpha value is -5.80. The Kier molecular flexibility index (Phi) is 11.9. The van der Waals surface area contributed by atoms with E-state index in [9.17, 15) is 45.3 Å². The van der Waals surface area contributed by atoms with Crippen molar-refractivity contribution in [2.24, 2.45) is 17.8 Å². The molecule has 9 nitrogen and oxygen atoms in total. The van der Waals surface area contributed by atoms with Crippen molar-refractivity contribution in [2.45, 2.75) is 33.1 Å². The zero-order valence-corrected chi connectivity index (χ0v) is 28.1. The summed E-state index contributed by atoms with van der Waals surface area (Å²) in [4.78, 5) is 27.4. The van der Waals surface area contributed by atoms with Gasteiger partial charge in [0.15, 0.2) is 11.6 Å². The lowest BCUT2D eigenvalue weighted by atomic mass is 9.65. The van der Waals surface area contributed by atoms with Crippen molar-refractivity contribution in [3.8, 4) is 28.7 Å². The summed E-state index contributed by atoms with van der Waals surface area (Å²) in [5.74, 6) is -4.34. The zero-order valence-electron chi connectivity index (χ0n) is 28.1. The highest BCUT2D eigenvalue weighted by atomic mass is 16.3. The van der Waals surface area contributed by atoms with Crippen LogP contribution in [0.25, 0.3) is 12.2 Å². The largest absolute Gasteiger partial charge is 0.508 e. The summed E-state index contributed by atoms with van der Waals surface area (Å²) in [6.07, 6.45) is 10.5. The van der Waals surface area contributed by atoms with Crippen LogP contribution in [0.5, 0.6) is 28.7 Å². The third-order valence-electron chi connectivity index (χ3n) is 8.65. The van der Waals surface area contributed by atoms with E-state index < -0.39 is 35.9 Å². The summed E-state index contributed by atoms with van der Waals surface area (Å²) in [6, 6.07) is 13.1. The predicted octanol–water partition coefficient (Wildman–Crippen LogP) is 7.63. The molecule has 50 heavy (non-hydrogen) atoms. The first-order valence-electron chi connectivity index (χ1n) is 16.1. The third-order valence-corrected chi connectivity index (χ3v) is 8.65. The van der Waals surface area contributed by atoms with Crippen LogP contribution in [0, 0.1) is 17.8 Å². The fraction of sp³-hybridized carbons (Fsp3) is 0.220. The predicted molar refractivity (Wildman–Crippen MR) is 193 cm³/mol. The molecule has 0 aromatic heterocycles. The first-order chi connectivity index (χ1) is 23.7. The van der Waals surface area contributed by atoms with E-state index in [1.54, 1.807) is 24.3 Å². The van der Waals surface area contributed by atoms with Gasteiger partial charge in [0.25, 0.3) is 0 Å². The van der Waals surface area contributed by atoms with Gasteiger partial charge in [-0.1, -0.05) is 56.4 Å². The van der Waals surface area contributed by atoms with Crippen molar-refractivity contribution in [3.63, 3.8) is 0 Å². The molecule has 0 amide bonds. The minimum absolute atomic E-state index is 0.0197. The maximum atomic E-state index is 14.5. The Morgan fingerprint density at radius 3 is 2.22 bits per heavy atom. The molecule has 0 spiro atoms. The van der Waals surface area contributed by atoms with Crippen molar-refractivity contribution in [1.29, 1.82) is 0 Å². The molecule has 0 heterocycles. The second-order valence-corrected chi connectivity index (χ2v) is 12.7. The van der Waals surface area contributed by atoms with E-state index >= 15 is 0 Å². The highest BCUT2D eigenvalue weighted by Gasteiger charge is 2.41. The molecular formula is C41H42O9. The van der Waals surface area contributed by atoms with Crippen LogP contribution in [0.2, 0.25) is 0 Å². The number of ketones is 2. The molecule has 0 saturated heterocycles. The van der Waals surface area contributed by atoms with Crippen LogP contribution in [0.1, 0.15) is 60.2 Å². The number of hydrogen-bond donors (Lipinski definition) is 7. The molecule has 9 heteroatoms. The van der Waals surface area contributed by atoms with Crippen LogP contribution in [0.15, 0.2) is 114 Å². The highest BCUT2D eigenvalue weighted by Crippen LogP contribution is 2.47. The number of hydrogen-bond acceptors (Lipinski definition) is 9. The second-order valence-electron chi connectivity index (χ2n) is 12.7. The average molecular weight is 679 g/mol. The molecule has 0 bridgehead atoms. The van der Waals surface area contributed by atoms with Gasteiger partial charge in [-0.25, -0.2) is 0 Å². The van der Waals surface area contributed by atoms with Crippen LogP contribution < -0.4 is 0 Å². The number of aliphatic hydroxyl groups is 2. The summed E-state index contributed by atoms with van der Waals surface area (Å²) in [6.45, 7) is 9.21. The van der Waals surface area contributed by atoms with E-state index in [1.807, 2.05) is 26.8 Å². The molecule has 1 aliphatic carbocycles. The van der Waals surface area contributed by atoms with Crippen molar-refractivity contribution in [2.75, 3.05) is 6.61 Å². The van der Waals surface area contributed by atoms with Gasteiger partial charge in [0.2, 0.25) is 0 Å². The number of phenols is 5. The summed E-state index contributed by atoms with van der Waals surface area (Å²) in [5, 5.41) is 72.4. The molecule has 3 atom stereocenters. The van der Waals surface area contributed by atoms with Crippen molar-refractivity contribution in [3.05, 3.63) is 136 Å². The standard InChI is InChI=1S/C41H42O9/c1-23(2)5-14-31-37(47)18-15-32(40(31)49)41(50)39-33(19-24(3)20-34(39)26-6-11-29(43)12-7-26)25(4)35(45)16-10-28(22-42)36(46)17-9-27-8-13-30(44)21-38(27)48/h5-19,21,23,33-34,39,42-45,47-49H,4,20,22H2,1-3H3/b14-5+,17-9+,28-10+,35-16+. The summed E-state index contributed by atoms with van der Waals surface area (Å²) < 4.78 is 0. The summed E-state index contributed by atoms with van der Waals surface area (Å²) >= 11 is 0. The number of aromatic hydroxyl groups is 5.